The molecule has 200 valence electrons. The van der Waals surface area contributed by atoms with Crippen LogP contribution in [0.25, 0.3) is 5.69 Å². The van der Waals surface area contributed by atoms with E-state index in [1.807, 2.05) is 20.8 Å². The van der Waals surface area contributed by atoms with Gasteiger partial charge in [0.2, 0.25) is 5.91 Å². The first-order valence-electron chi connectivity index (χ1n) is 12.5. The molecule has 0 atom stereocenters. The number of likely N-dealkylation sites (tertiary alicyclic amines) is 1. The first-order valence-corrected chi connectivity index (χ1v) is 12.5. The highest BCUT2D eigenvalue weighted by Gasteiger charge is 2.32. The van der Waals surface area contributed by atoms with Crippen LogP contribution >= 0.6 is 0 Å². The van der Waals surface area contributed by atoms with E-state index in [4.69, 9.17) is 4.74 Å². The Kier molecular flexibility index (Phi) is 7.80. The maximum atomic E-state index is 13.6. The van der Waals surface area contributed by atoms with Crippen LogP contribution in [-0.2, 0) is 9.53 Å². The highest BCUT2D eigenvalue weighted by atomic mass is 19.1. The third-order valence-corrected chi connectivity index (χ3v) is 6.12. The highest BCUT2D eigenvalue weighted by molar-refractivity contribution is 6.05. The van der Waals surface area contributed by atoms with Gasteiger partial charge in [-0.2, -0.15) is 5.10 Å². The van der Waals surface area contributed by atoms with Crippen molar-refractivity contribution in [3.05, 3.63) is 71.8 Å². The number of piperidine rings is 1. The number of benzene rings is 2. The van der Waals surface area contributed by atoms with Crippen LogP contribution in [0.15, 0.2) is 54.7 Å². The third-order valence-electron chi connectivity index (χ3n) is 6.12. The summed E-state index contributed by atoms with van der Waals surface area (Å²) in [5.74, 6) is -0.953. The molecule has 1 aliphatic rings. The number of carbonyl (C=O) groups excluding carboxylic acids is 3. The van der Waals surface area contributed by atoms with Gasteiger partial charge in [0, 0.05) is 37.3 Å². The lowest BCUT2D eigenvalue weighted by atomic mass is 9.90. The molecule has 3 amide bonds. The minimum absolute atomic E-state index is 0.0656. The van der Waals surface area contributed by atoms with Crippen LogP contribution < -0.4 is 10.6 Å². The second kappa shape index (κ2) is 11.0. The standard InChI is InChI=1S/C28H32FN5O4/c1-18(35)31-21-7-9-22(10-8-21)32-26(36)24-17-30-34(23-11-5-20(29)6-12-23)25(24)19-13-15-33(16-14-19)27(37)38-28(2,3)4/h5-12,17,19H,13-16H2,1-4H3,(H,31,35)(H,32,36). The predicted molar refractivity (Wildman–Crippen MR) is 142 cm³/mol. The Hall–Kier alpha value is -4.21. The number of amides is 3. The van der Waals surface area contributed by atoms with E-state index in [0.29, 0.717) is 54.3 Å². The average Bonchev–Trinajstić information content (AvgIpc) is 3.30. The molecule has 0 saturated carbocycles. The molecule has 10 heteroatoms. The van der Waals surface area contributed by atoms with Gasteiger partial charge in [0.25, 0.3) is 5.91 Å². The van der Waals surface area contributed by atoms with Crippen LogP contribution in [0.3, 0.4) is 0 Å². The molecule has 1 fully saturated rings. The van der Waals surface area contributed by atoms with Crippen molar-refractivity contribution in [1.82, 2.24) is 14.7 Å². The van der Waals surface area contributed by atoms with Crippen LogP contribution in [0, 0.1) is 5.82 Å². The maximum Gasteiger partial charge on any atom is 0.410 e. The van der Waals surface area contributed by atoms with E-state index >= 15 is 0 Å². The zero-order valence-corrected chi connectivity index (χ0v) is 22.0. The SMILES string of the molecule is CC(=O)Nc1ccc(NC(=O)c2cnn(-c3ccc(F)cc3)c2C2CCN(C(=O)OC(C)(C)C)CC2)cc1. The molecular formula is C28H32FN5O4. The van der Waals surface area contributed by atoms with Gasteiger partial charge in [0.05, 0.1) is 23.1 Å². The molecule has 1 aromatic heterocycles. The van der Waals surface area contributed by atoms with Crippen molar-refractivity contribution in [3.8, 4) is 5.69 Å². The molecule has 2 N–H and O–H groups in total. The van der Waals surface area contributed by atoms with E-state index in [-0.39, 0.29) is 29.6 Å². The van der Waals surface area contributed by atoms with Gasteiger partial charge in [0.1, 0.15) is 11.4 Å². The van der Waals surface area contributed by atoms with Gasteiger partial charge in [0.15, 0.2) is 0 Å². The quantitative estimate of drug-likeness (QED) is 0.472. The Morgan fingerprint density at radius 2 is 1.53 bits per heavy atom. The number of rotatable bonds is 5. The van der Waals surface area contributed by atoms with Gasteiger partial charge in [-0.25, -0.2) is 13.9 Å². The molecule has 0 aliphatic carbocycles. The Bertz CT molecular complexity index is 1300. The average molecular weight is 522 g/mol. The summed E-state index contributed by atoms with van der Waals surface area (Å²) in [6, 6.07) is 12.7. The van der Waals surface area contributed by atoms with Crippen molar-refractivity contribution in [2.24, 2.45) is 0 Å². The number of hydrogen-bond donors (Lipinski definition) is 2. The summed E-state index contributed by atoms with van der Waals surface area (Å²) in [7, 11) is 0. The van der Waals surface area contributed by atoms with Gasteiger partial charge in [-0.3, -0.25) is 9.59 Å². The summed E-state index contributed by atoms with van der Waals surface area (Å²) < 4.78 is 20.8. The van der Waals surface area contributed by atoms with Crippen LogP contribution in [0.2, 0.25) is 0 Å². The fourth-order valence-corrected chi connectivity index (χ4v) is 4.41. The zero-order chi connectivity index (χ0) is 27.4. The molecule has 0 spiro atoms. The summed E-state index contributed by atoms with van der Waals surface area (Å²) in [6.07, 6.45) is 2.37. The Morgan fingerprint density at radius 3 is 2.08 bits per heavy atom. The molecule has 4 rings (SSSR count). The molecule has 2 aromatic carbocycles. The van der Waals surface area contributed by atoms with Gasteiger partial charge in [-0.05, 0) is 82.1 Å². The first kappa shape index (κ1) is 26.8. The van der Waals surface area contributed by atoms with Gasteiger partial charge in [-0.1, -0.05) is 0 Å². The van der Waals surface area contributed by atoms with Crippen LogP contribution in [0.5, 0.6) is 0 Å². The lowest BCUT2D eigenvalue weighted by Gasteiger charge is -2.34. The number of nitrogens with one attached hydrogen (secondary N) is 2. The Labute approximate surface area is 221 Å². The molecule has 1 saturated heterocycles. The number of ether oxygens (including phenoxy) is 1. The van der Waals surface area contributed by atoms with Crippen molar-refractivity contribution >= 4 is 29.3 Å². The molecule has 1 aliphatic heterocycles. The summed E-state index contributed by atoms with van der Waals surface area (Å²) >= 11 is 0. The van der Waals surface area contributed by atoms with Crippen LogP contribution in [0.1, 0.15) is 62.5 Å². The van der Waals surface area contributed by atoms with Crippen molar-refractivity contribution < 1.29 is 23.5 Å². The Morgan fingerprint density at radius 1 is 0.947 bits per heavy atom. The van der Waals surface area contributed by atoms with E-state index < -0.39 is 5.60 Å². The summed E-state index contributed by atoms with van der Waals surface area (Å²) in [4.78, 5) is 38.9. The normalized spacial score (nSPS) is 14.2. The third kappa shape index (κ3) is 6.56. The van der Waals surface area contributed by atoms with Crippen molar-refractivity contribution in [2.75, 3.05) is 23.7 Å². The first-order chi connectivity index (χ1) is 18.0. The molecule has 2 heterocycles. The molecule has 0 bridgehead atoms. The summed E-state index contributed by atoms with van der Waals surface area (Å²) in [6.45, 7) is 7.86. The predicted octanol–water partition coefficient (Wildman–Crippen LogP) is 5.34. The second-order valence-electron chi connectivity index (χ2n) is 10.3. The zero-order valence-electron chi connectivity index (χ0n) is 22.0. The fraction of sp³-hybridized carbons (Fsp3) is 0.357. The number of nitrogens with zero attached hydrogens (tertiary/aromatic N) is 3. The molecule has 0 radical (unpaired) electrons. The smallest absolute Gasteiger partial charge is 0.410 e. The largest absolute Gasteiger partial charge is 0.444 e. The van der Waals surface area contributed by atoms with Crippen molar-refractivity contribution in [3.63, 3.8) is 0 Å². The Balaban J connectivity index is 1.58. The minimum Gasteiger partial charge on any atom is -0.444 e. The number of anilines is 2. The van der Waals surface area contributed by atoms with Gasteiger partial charge >= 0.3 is 6.09 Å². The monoisotopic (exact) mass is 521 g/mol. The molecule has 3 aromatic rings. The molecule has 38 heavy (non-hydrogen) atoms. The lowest BCUT2D eigenvalue weighted by Crippen LogP contribution is -2.41. The van der Waals surface area contributed by atoms with Crippen LogP contribution in [0.4, 0.5) is 20.6 Å². The molecule has 0 unspecified atom stereocenters. The van der Waals surface area contributed by atoms with Crippen molar-refractivity contribution in [2.45, 2.75) is 52.1 Å². The van der Waals surface area contributed by atoms with E-state index in [1.165, 1.54) is 25.3 Å². The van der Waals surface area contributed by atoms with E-state index in [1.54, 1.807) is 46.0 Å². The number of hydrogen-bond acceptors (Lipinski definition) is 5. The van der Waals surface area contributed by atoms with E-state index in [2.05, 4.69) is 15.7 Å². The summed E-state index contributed by atoms with van der Waals surface area (Å²) in [5.41, 5.74) is 2.33. The van der Waals surface area contributed by atoms with Crippen molar-refractivity contribution in [1.29, 1.82) is 0 Å². The lowest BCUT2D eigenvalue weighted by molar-refractivity contribution is -0.114. The topological polar surface area (TPSA) is 106 Å². The van der Waals surface area contributed by atoms with Gasteiger partial charge < -0.3 is 20.3 Å². The number of aromatic nitrogens is 2. The van der Waals surface area contributed by atoms with E-state index in [0.717, 1.165) is 0 Å². The fourth-order valence-electron chi connectivity index (χ4n) is 4.41. The highest BCUT2D eigenvalue weighted by Crippen LogP contribution is 2.33. The van der Waals surface area contributed by atoms with Gasteiger partial charge in [-0.15, -0.1) is 0 Å². The summed E-state index contributed by atoms with van der Waals surface area (Å²) in [5, 5.41) is 10.1. The number of carbonyl (C=O) groups is 3. The van der Waals surface area contributed by atoms with E-state index in [9.17, 15) is 18.8 Å². The maximum absolute atomic E-state index is 13.6. The minimum atomic E-state index is -0.583. The molecular weight excluding hydrogens is 489 g/mol. The second-order valence-corrected chi connectivity index (χ2v) is 10.3. The van der Waals surface area contributed by atoms with Crippen LogP contribution in [-0.4, -0.2) is 51.3 Å². The molecule has 9 nitrogen and oxygen atoms in total. The number of halogens is 1.